The number of H-pyrrole nitrogens is 1. The van der Waals surface area contributed by atoms with E-state index >= 15 is 0 Å². The fourth-order valence-electron chi connectivity index (χ4n) is 3.23. The third-order valence-corrected chi connectivity index (χ3v) is 4.37. The zero-order valence-corrected chi connectivity index (χ0v) is 13.2. The summed E-state index contributed by atoms with van der Waals surface area (Å²) in [5, 5.41) is 8.47. The zero-order valence-electron chi connectivity index (χ0n) is 13.2. The summed E-state index contributed by atoms with van der Waals surface area (Å²) in [6, 6.07) is 11.5. The zero-order chi connectivity index (χ0) is 16.5. The fourth-order valence-corrected chi connectivity index (χ4v) is 3.23. The highest BCUT2D eigenvalue weighted by molar-refractivity contribution is 5.88. The van der Waals surface area contributed by atoms with Crippen LogP contribution in [0.25, 0.3) is 10.9 Å². The molecule has 3 heterocycles. The molecule has 3 aromatic rings. The van der Waals surface area contributed by atoms with Crippen molar-refractivity contribution in [2.45, 2.75) is 25.4 Å². The first-order chi connectivity index (χ1) is 11.7. The van der Waals surface area contributed by atoms with E-state index < -0.39 is 0 Å². The number of hydrogen-bond donors (Lipinski definition) is 3. The minimum atomic E-state index is -0.319. The van der Waals surface area contributed by atoms with Crippen molar-refractivity contribution in [3.05, 3.63) is 59.7 Å². The molecule has 0 bridgehead atoms. The average molecular weight is 322 g/mol. The molecule has 0 aliphatic carbocycles. The molecule has 0 fully saturated rings. The number of rotatable bonds is 3. The number of aromatic amines is 1. The van der Waals surface area contributed by atoms with Gasteiger partial charge in [0.1, 0.15) is 5.76 Å². The number of amides is 1. The Morgan fingerprint density at radius 2 is 2.21 bits per heavy atom. The summed E-state index contributed by atoms with van der Waals surface area (Å²) in [6.45, 7) is 2.06. The van der Waals surface area contributed by atoms with E-state index in [1.165, 1.54) is 17.2 Å². The molecule has 1 aromatic carbocycles. The Bertz CT molecular complexity index is 895. The van der Waals surface area contributed by atoms with Gasteiger partial charge in [0, 0.05) is 22.6 Å². The van der Waals surface area contributed by atoms with Gasteiger partial charge in [-0.3, -0.25) is 10.1 Å². The molecule has 2 atom stereocenters. The monoisotopic (exact) mass is 322 g/mol. The van der Waals surface area contributed by atoms with Gasteiger partial charge in [-0.2, -0.15) is 5.10 Å². The Morgan fingerprint density at radius 1 is 1.33 bits per heavy atom. The standard InChI is InChI=1S/C18H18N4O2/c1-11-17-14(13-6-2-3-7-15(13)21-17)9-16(20-11)18(23)22-19-10-12-5-4-8-24-12/h2-8,10-11,16,20-21H,9H2,1H3,(H,22,23)/b19-10+/t11-,16-/m0/s1. The van der Waals surface area contributed by atoms with Gasteiger partial charge in [-0.1, -0.05) is 18.2 Å². The van der Waals surface area contributed by atoms with Gasteiger partial charge in [0.15, 0.2) is 0 Å². The molecule has 6 nitrogen and oxygen atoms in total. The van der Waals surface area contributed by atoms with Crippen molar-refractivity contribution in [3.63, 3.8) is 0 Å². The molecular weight excluding hydrogens is 304 g/mol. The maximum atomic E-state index is 12.4. The number of benzene rings is 1. The smallest absolute Gasteiger partial charge is 0.257 e. The van der Waals surface area contributed by atoms with Crippen molar-refractivity contribution in [1.29, 1.82) is 0 Å². The molecule has 6 heteroatoms. The van der Waals surface area contributed by atoms with Crippen molar-refractivity contribution in [3.8, 4) is 0 Å². The van der Waals surface area contributed by atoms with E-state index in [1.807, 2.05) is 12.1 Å². The van der Waals surface area contributed by atoms with E-state index in [2.05, 4.69) is 39.9 Å². The van der Waals surface area contributed by atoms with E-state index in [9.17, 15) is 4.79 Å². The second kappa shape index (κ2) is 5.98. The van der Waals surface area contributed by atoms with Gasteiger partial charge in [0.2, 0.25) is 0 Å². The number of carbonyl (C=O) groups excluding carboxylic acids is 1. The molecule has 122 valence electrons. The molecular formula is C18H18N4O2. The van der Waals surface area contributed by atoms with Crippen LogP contribution in [-0.4, -0.2) is 23.1 Å². The number of nitrogens with zero attached hydrogens (tertiary/aromatic N) is 1. The van der Waals surface area contributed by atoms with E-state index in [-0.39, 0.29) is 18.0 Å². The Morgan fingerprint density at radius 3 is 3.04 bits per heavy atom. The van der Waals surface area contributed by atoms with Crippen molar-refractivity contribution in [1.82, 2.24) is 15.7 Å². The molecule has 0 saturated carbocycles. The Balaban J connectivity index is 1.52. The lowest BCUT2D eigenvalue weighted by Crippen LogP contribution is -2.47. The highest BCUT2D eigenvalue weighted by Gasteiger charge is 2.30. The van der Waals surface area contributed by atoms with E-state index in [1.54, 1.807) is 18.4 Å². The van der Waals surface area contributed by atoms with E-state index in [4.69, 9.17) is 4.42 Å². The minimum Gasteiger partial charge on any atom is -0.463 e. The van der Waals surface area contributed by atoms with Gasteiger partial charge in [-0.05, 0) is 37.1 Å². The van der Waals surface area contributed by atoms with Gasteiger partial charge in [-0.25, -0.2) is 5.43 Å². The van der Waals surface area contributed by atoms with Crippen LogP contribution in [0.3, 0.4) is 0 Å². The number of para-hydroxylation sites is 1. The molecule has 1 aliphatic rings. The first-order valence-electron chi connectivity index (χ1n) is 7.94. The van der Waals surface area contributed by atoms with Crippen LogP contribution in [0, 0.1) is 0 Å². The number of aromatic nitrogens is 1. The molecule has 0 radical (unpaired) electrons. The Hall–Kier alpha value is -2.86. The summed E-state index contributed by atoms with van der Waals surface area (Å²) in [5.74, 6) is 0.444. The Kier molecular flexibility index (Phi) is 3.66. The molecule has 1 aliphatic heterocycles. The lowest BCUT2D eigenvalue weighted by Gasteiger charge is -2.27. The van der Waals surface area contributed by atoms with E-state index in [0.29, 0.717) is 12.2 Å². The number of nitrogens with one attached hydrogen (secondary N) is 3. The largest absolute Gasteiger partial charge is 0.463 e. The summed E-state index contributed by atoms with van der Waals surface area (Å²) in [7, 11) is 0. The van der Waals surface area contributed by atoms with Crippen molar-refractivity contribution < 1.29 is 9.21 Å². The topological polar surface area (TPSA) is 82.4 Å². The van der Waals surface area contributed by atoms with Crippen LogP contribution in [0.2, 0.25) is 0 Å². The highest BCUT2D eigenvalue weighted by Crippen LogP contribution is 2.31. The SMILES string of the molecule is C[C@@H]1N[C@H](C(=O)N/N=C/c2ccco2)Cc2c1[nH]c1ccccc21. The second-order valence-corrected chi connectivity index (χ2v) is 5.96. The van der Waals surface area contributed by atoms with Crippen LogP contribution in [-0.2, 0) is 11.2 Å². The summed E-state index contributed by atoms with van der Waals surface area (Å²) in [4.78, 5) is 15.9. The molecule has 0 saturated heterocycles. The Labute approximate surface area is 138 Å². The highest BCUT2D eigenvalue weighted by atomic mass is 16.3. The van der Waals surface area contributed by atoms with Crippen LogP contribution in [0.5, 0.6) is 0 Å². The van der Waals surface area contributed by atoms with Crippen LogP contribution >= 0.6 is 0 Å². The summed E-state index contributed by atoms with van der Waals surface area (Å²) < 4.78 is 5.14. The second-order valence-electron chi connectivity index (χ2n) is 5.96. The number of fused-ring (bicyclic) bond motifs is 3. The third-order valence-electron chi connectivity index (χ3n) is 4.37. The lowest BCUT2D eigenvalue weighted by molar-refractivity contribution is -0.123. The normalized spacial score (nSPS) is 20.4. The predicted octanol–water partition coefficient (Wildman–Crippen LogP) is 2.49. The van der Waals surface area contributed by atoms with Gasteiger partial charge in [0.25, 0.3) is 5.91 Å². The van der Waals surface area contributed by atoms with Gasteiger partial charge in [0.05, 0.1) is 18.5 Å². The first-order valence-corrected chi connectivity index (χ1v) is 7.94. The maximum Gasteiger partial charge on any atom is 0.257 e. The fraction of sp³-hybridized carbons (Fsp3) is 0.222. The number of furan rings is 1. The molecule has 1 amide bonds. The van der Waals surface area contributed by atoms with Crippen molar-refractivity contribution in [2.75, 3.05) is 0 Å². The van der Waals surface area contributed by atoms with Crippen LogP contribution in [0.1, 0.15) is 30.0 Å². The van der Waals surface area contributed by atoms with Crippen molar-refractivity contribution in [2.24, 2.45) is 5.10 Å². The first kappa shape index (κ1) is 14.7. The molecule has 2 aromatic heterocycles. The molecule has 24 heavy (non-hydrogen) atoms. The van der Waals surface area contributed by atoms with Crippen LogP contribution in [0.15, 0.2) is 52.2 Å². The maximum absolute atomic E-state index is 12.4. The van der Waals surface area contributed by atoms with Gasteiger partial charge < -0.3 is 9.40 Å². The third kappa shape index (κ3) is 2.61. The van der Waals surface area contributed by atoms with Gasteiger partial charge >= 0.3 is 0 Å². The summed E-state index contributed by atoms with van der Waals surface area (Å²) in [5.41, 5.74) is 6.04. The van der Waals surface area contributed by atoms with Crippen molar-refractivity contribution >= 4 is 23.0 Å². The van der Waals surface area contributed by atoms with E-state index in [0.717, 1.165) is 11.2 Å². The van der Waals surface area contributed by atoms with Crippen LogP contribution in [0.4, 0.5) is 0 Å². The lowest BCUT2D eigenvalue weighted by atomic mass is 9.94. The van der Waals surface area contributed by atoms with Gasteiger partial charge in [-0.15, -0.1) is 0 Å². The number of carbonyl (C=O) groups is 1. The average Bonchev–Trinajstić information content (AvgIpc) is 3.22. The quantitative estimate of drug-likeness (QED) is 0.512. The molecule has 4 rings (SSSR count). The molecule has 0 spiro atoms. The number of hydrogen-bond acceptors (Lipinski definition) is 4. The number of hydrazone groups is 1. The predicted molar refractivity (Wildman–Crippen MR) is 91.8 cm³/mol. The summed E-state index contributed by atoms with van der Waals surface area (Å²) >= 11 is 0. The molecule has 0 unspecified atom stereocenters. The van der Waals surface area contributed by atoms with Crippen LogP contribution < -0.4 is 10.7 Å². The summed E-state index contributed by atoms with van der Waals surface area (Å²) in [6.07, 6.45) is 3.68. The minimum absolute atomic E-state index is 0.0750. The molecule has 3 N–H and O–H groups in total.